The van der Waals surface area contributed by atoms with Crippen LogP contribution in [-0.4, -0.2) is 34.0 Å². The van der Waals surface area contributed by atoms with Gasteiger partial charge in [0, 0.05) is 18.3 Å². The van der Waals surface area contributed by atoms with E-state index in [1.807, 2.05) is 26.0 Å². The number of benzene rings is 1. The van der Waals surface area contributed by atoms with Crippen LogP contribution in [-0.2, 0) is 17.5 Å². The molecule has 1 amide bonds. The van der Waals surface area contributed by atoms with Gasteiger partial charge in [0.05, 0.1) is 41.9 Å². The van der Waals surface area contributed by atoms with E-state index in [2.05, 4.69) is 26.3 Å². The predicted octanol–water partition coefficient (Wildman–Crippen LogP) is 4.04. The summed E-state index contributed by atoms with van der Waals surface area (Å²) in [6, 6.07) is 12.2. The van der Waals surface area contributed by atoms with Crippen LogP contribution >= 0.6 is 0 Å². The number of halogens is 3. The molecule has 1 aromatic carbocycles. The van der Waals surface area contributed by atoms with Gasteiger partial charge in [-0.15, -0.1) is 0 Å². The standard InChI is InChI=1S/C29H26F3N5O2/c1-3-5-18(15-35-27(38)20-6-7-21-16-39-17-22(14-33)23(21)13-20)12-26-19(4-2)8-9-24(36-26)25-10-11-34-28(37-25)29(30,31)32/h4-13,22H,3,15-17H2,1-2H3,(H,35,38)/b18-5-,19-4-,26-12+. The number of fused-ring (bicyclic) bond motifs is 1. The van der Waals surface area contributed by atoms with Crippen molar-refractivity contribution in [3.8, 4) is 17.5 Å². The van der Waals surface area contributed by atoms with Crippen LogP contribution in [0.25, 0.3) is 23.5 Å². The van der Waals surface area contributed by atoms with Crippen molar-refractivity contribution in [2.75, 3.05) is 13.2 Å². The predicted molar refractivity (Wildman–Crippen MR) is 139 cm³/mol. The van der Waals surface area contributed by atoms with Crippen molar-refractivity contribution in [2.24, 2.45) is 0 Å². The third-order valence-electron chi connectivity index (χ3n) is 6.16. The Morgan fingerprint density at radius 2 is 2.00 bits per heavy atom. The lowest BCUT2D eigenvalue weighted by Crippen LogP contribution is -2.30. The number of alkyl halides is 3. The number of allylic oxidation sites excluding steroid dienone is 1. The third kappa shape index (κ3) is 6.56. The summed E-state index contributed by atoms with van der Waals surface area (Å²) in [6.07, 6.45) is 2.66. The van der Waals surface area contributed by atoms with Gasteiger partial charge >= 0.3 is 6.18 Å². The van der Waals surface area contributed by atoms with Gasteiger partial charge < -0.3 is 10.1 Å². The van der Waals surface area contributed by atoms with E-state index in [-0.39, 0.29) is 23.8 Å². The Morgan fingerprint density at radius 3 is 2.72 bits per heavy atom. The Kier molecular flexibility index (Phi) is 8.52. The van der Waals surface area contributed by atoms with Crippen LogP contribution < -0.4 is 15.9 Å². The molecule has 0 aliphatic carbocycles. The Bertz CT molecular complexity index is 1570. The Morgan fingerprint density at radius 1 is 1.21 bits per heavy atom. The highest BCUT2D eigenvalue weighted by molar-refractivity contribution is 5.94. The number of amides is 1. The molecule has 0 spiro atoms. The van der Waals surface area contributed by atoms with Gasteiger partial charge in [-0.3, -0.25) is 4.79 Å². The molecule has 1 aliphatic heterocycles. The van der Waals surface area contributed by atoms with Crippen LogP contribution in [0.15, 0.2) is 54.2 Å². The molecule has 0 saturated heterocycles. The molecule has 1 atom stereocenters. The Balaban J connectivity index is 1.60. The van der Waals surface area contributed by atoms with E-state index in [4.69, 9.17) is 4.74 Å². The summed E-state index contributed by atoms with van der Waals surface area (Å²) < 4.78 is 44.8. The highest BCUT2D eigenvalue weighted by atomic mass is 19.4. The van der Waals surface area contributed by atoms with E-state index >= 15 is 0 Å². The summed E-state index contributed by atoms with van der Waals surface area (Å²) in [5.74, 6) is -1.95. The maximum Gasteiger partial charge on any atom is 0.451 e. The van der Waals surface area contributed by atoms with Gasteiger partial charge in [0.25, 0.3) is 5.91 Å². The summed E-state index contributed by atoms with van der Waals surface area (Å²) in [6.45, 7) is 4.70. The lowest BCUT2D eigenvalue weighted by molar-refractivity contribution is -0.144. The van der Waals surface area contributed by atoms with E-state index in [9.17, 15) is 23.2 Å². The minimum absolute atomic E-state index is 0.0532. The van der Waals surface area contributed by atoms with Gasteiger partial charge in [0.1, 0.15) is 0 Å². The monoisotopic (exact) mass is 533 g/mol. The summed E-state index contributed by atoms with van der Waals surface area (Å²) in [5.41, 5.74) is 3.23. The van der Waals surface area contributed by atoms with Crippen LogP contribution in [0.2, 0.25) is 0 Å². The number of carbonyl (C=O) groups is 1. The molecule has 3 aromatic rings. The molecule has 0 fully saturated rings. The van der Waals surface area contributed by atoms with Crippen LogP contribution in [0.5, 0.6) is 0 Å². The number of nitriles is 1. The van der Waals surface area contributed by atoms with E-state index in [1.165, 1.54) is 6.07 Å². The highest BCUT2D eigenvalue weighted by Gasteiger charge is 2.34. The fraction of sp³-hybridized carbons (Fsp3) is 0.276. The van der Waals surface area contributed by atoms with Crippen molar-refractivity contribution < 1.29 is 22.7 Å². The summed E-state index contributed by atoms with van der Waals surface area (Å²) in [7, 11) is 0. The number of hydrogen-bond acceptors (Lipinski definition) is 6. The van der Waals surface area contributed by atoms with Crippen molar-refractivity contribution in [1.82, 2.24) is 20.3 Å². The zero-order valence-electron chi connectivity index (χ0n) is 21.4. The second kappa shape index (κ2) is 12.0. The largest absolute Gasteiger partial charge is 0.451 e. The van der Waals surface area contributed by atoms with Crippen LogP contribution in [0, 0.1) is 11.3 Å². The Labute approximate surface area is 223 Å². The normalized spacial score (nSPS) is 16.5. The first kappa shape index (κ1) is 27.7. The summed E-state index contributed by atoms with van der Waals surface area (Å²) >= 11 is 0. The summed E-state index contributed by atoms with van der Waals surface area (Å²) in [5, 5.41) is 13.6. The lowest BCUT2D eigenvalue weighted by atomic mass is 9.92. The van der Waals surface area contributed by atoms with Gasteiger partial charge in [-0.05, 0) is 65.6 Å². The second-order valence-electron chi connectivity index (χ2n) is 8.85. The van der Waals surface area contributed by atoms with Crippen molar-refractivity contribution in [2.45, 2.75) is 39.0 Å². The number of nitrogens with one attached hydrogen (secondary N) is 1. The molecule has 3 heterocycles. The van der Waals surface area contributed by atoms with E-state index in [0.717, 1.165) is 28.1 Å². The molecule has 0 saturated carbocycles. The maximum absolute atomic E-state index is 13.1. The SMILES string of the molecule is C/C=c1/ccc(-c2ccnc(C(F)(F)F)n2)n/c1=C/C(=C/CC)CNC(=O)c1ccc2c(c1)C(C#N)COC2. The minimum atomic E-state index is -4.67. The molecular weight excluding hydrogens is 507 g/mol. The maximum atomic E-state index is 13.1. The minimum Gasteiger partial charge on any atom is -0.375 e. The van der Waals surface area contributed by atoms with E-state index in [1.54, 1.807) is 36.4 Å². The molecular formula is C29H26F3N5O2. The smallest absolute Gasteiger partial charge is 0.375 e. The van der Waals surface area contributed by atoms with Crippen molar-refractivity contribution >= 4 is 18.1 Å². The quantitative estimate of drug-likeness (QED) is 0.513. The highest BCUT2D eigenvalue weighted by Crippen LogP contribution is 2.28. The van der Waals surface area contributed by atoms with Gasteiger partial charge in [-0.25, -0.2) is 15.0 Å². The van der Waals surface area contributed by atoms with Gasteiger partial charge in [0.2, 0.25) is 5.82 Å². The first-order valence-electron chi connectivity index (χ1n) is 12.4. The zero-order valence-corrected chi connectivity index (χ0v) is 21.4. The molecule has 0 radical (unpaired) electrons. The number of ether oxygens (including phenoxy) is 1. The molecule has 200 valence electrons. The molecule has 10 heteroatoms. The molecule has 4 rings (SSSR count). The van der Waals surface area contributed by atoms with Gasteiger partial charge in [0.15, 0.2) is 0 Å². The number of carbonyl (C=O) groups excluding carboxylic acids is 1. The van der Waals surface area contributed by atoms with Crippen molar-refractivity contribution in [3.05, 3.63) is 87.3 Å². The van der Waals surface area contributed by atoms with Crippen LogP contribution in [0.4, 0.5) is 13.2 Å². The number of aromatic nitrogens is 3. The molecule has 2 aromatic heterocycles. The van der Waals surface area contributed by atoms with E-state index < -0.39 is 17.9 Å². The van der Waals surface area contributed by atoms with Gasteiger partial charge in [-0.1, -0.05) is 31.2 Å². The number of nitrogens with zero attached hydrogens (tertiary/aromatic N) is 4. The average molecular weight is 534 g/mol. The molecule has 1 unspecified atom stereocenters. The van der Waals surface area contributed by atoms with E-state index in [0.29, 0.717) is 30.5 Å². The Hall–Kier alpha value is -4.36. The molecule has 1 aliphatic rings. The zero-order chi connectivity index (χ0) is 28.0. The number of pyridine rings is 1. The molecule has 7 nitrogen and oxygen atoms in total. The average Bonchev–Trinajstić information content (AvgIpc) is 2.94. The number of rotatable bonds is 6. The van der Waals surface area contributed by atoms with Crippen molar-refractivity contribution in [3.63, 3.8) is 0 Å². The lowest BCUT2D eigenvalue weighted by Gasteiger charge is -2.21. The summed E-state index contributed by atoms with van der Waals surface area (Å²) in [4.78, 5) is 24.5. The van der Waals surface area contributed by atoms with Crippen LogP contribution in [0.3, 0.4) is 0 Å². The number of hydrogen-bond donors (Lipinski definition) is 1. The molecule has 0 bridgehead atoms. The first-order chi connectivity index (χ1) is 18.7. The fourth-order valence-corrected chi connectivity index (χ4v) is 4.21. The topological polar surface area (TPSA) is 101 Å². The second-order valence-corrected chi connectivity index (χ2v) is 8.85. The molecule has 39 heavy (non-hydrogen) atoms. The van der Waals surface area contributed by atoms with Crippen molar-refractivity contribution in [1.29, 1.82) is 5.26 Å². The first-order valence-corrected chi connectivity index (χ1v) is 12.4. The fourth-order valence-electron chi connectivity index (χ4n) is 4.21. The third-order valence-corrected chi connectivity index (χ3v) is 6.16. The molecule has 1 N–H and O–H groups in total. The van der Waals surface area contributed by atoms with Gasteiger partial charge in [-0.2, -0.15) is 18.4 Å². The van der Waals surface area contributed by atoms with Crippen LogP contribution in [0.1, 0.15) is 53.5 Å².